The Labute approximate surface area is 239 Å². The summed E-state index contributed by atoms with van der Waals surface area (Å²) >= 11 is 25.5. The predicted molar refractivity (Wildman–Crippen MR) is 158 cm³/mol. The topological polar surface area (TPSA) is 51.2 Å². The molecule has 0 unspecified atom stereocenters. The van der Waals surface area contributed by atoms with Gasteiger partial charge in [0.05, 0.1) is 31.2 Å². The molecule has 5 rings (SSSR count). The summed E-state index contributed by atoms with van der Waals surface area (Å²) in [5.74, 6) is 0. The molecule has 0 aromatic heterocycles. The summed E-state index contributed by atoms with van der Waals surface area (Å²) in [7, 11) is -4.70. The average molecular weight is 598 g/mol. The molecular formula is C30H17Cl4O3P. The van der Waals surface area contributed by atoms with Gasteiger partial charge in [-0.15, -0.1) is 0 Å². The molecule has 188 valence electrons. The summed E-state index contributed by atoms with van der Waals surface area (Å²) < 4.78 is 15.2. The number of carbonyl (C=O) groups excluding carboxylic acids is 2. The van der Waals surface area contributed by atoms with Crippen LogP contribution in [0.4, 0.5) is 0 Å². The van der Waals surface area contributed by atoms with Crippen LogP contribution in [0.1, 0.15) is 20.7 Å². The van der Waals surface area contributed by atoms with Gasteiger partial charge in [0.2, 0.25) is 18.2 Å². The lowest BCUT2D eigenvalue weighted by Crippen LogP contribution is -2.23. The molecule has 0 N–H and O–H groups in total. The molecule has 8 heteroatoms. The maximum atomic E-state index is 15.2. The zero-order valence-electron chi connectivity index (χ0n) is 19.5. The maximum Gasteiger partial charge on any atom is 0.249 e. The van der Waals surface area contributed by atoms with Gasteiger partial charge in [-0.1, -0.05) is 125 Å². The third-order valence-corrected chi connectivity index (χ3v) is 10.2. The van der Waals surface area contributed by atoms with Crippen LogP contribution in [-0.2, 0) is 4.57 Å². The second-order valence-electron chi connectivity index (χ2n) is 8.46. The van der Waals surface area contributed by atoms with E-state index in [2.05, 4.69) is 0 Å². The minimum Gasteiger partial charge on any atom is -0.302 e. The van der Waals surface area contributed by atoms with Crippen LogP contribution in [0.3, 0.4) is 0 Å². The highest BCUT2D eigenvalue weighted by atomic mass is 35.5. The standard InChI is InChI=1S/C30H17Cl4O3P/c31-22-13-6-14-23(32)27(22)29(35)38(37,30(36)28-24(33)15-7-16-25(28)34)26-17-4-3-11-21(26)20-12-5-9-18-8-1-2-10-19(18)20/h1-17H. The fraction of sp³-hybridized carbons (Fsp3) is 0. The number of benzene rings is 5. The molecule has 0 saturated carbocycles. The smallest absolute Gasteiger partial charge is 0.249 e. The van der Waals surface area contributed by atoms with Crippen LogP contribution >= 0.6 is 53.5 Å². The van der Waals surface area contributed by atoms with Crippen molar-refractivity contribution in [3.8, 4) is 11.1 Å². The van der Waals surface area contributed by atoms with Crippen molar-refractivity contribution in [3.05, 3.63) is 134 Å². The monoisotopic (exact) mass is 596 g/mol. The lowest BCUT2D eigenvalue weighted by molar-refractivity contribution is 0.104. The lowest BCUT2D eigenvalue weighted by Gasteiger charge is -2.22. The Kier molecular flexibility index (Phi) is 7.51. The van der Waals surface area contributed by atoms with Gasteiger partial charge in [-0.3, -0.25) is 9.59 Å². The molecule has 0 fully saturated rings. The molecule has 5 aromatic rings. The van der Waals surface area contributed by atoms with Gasteiger partial charge in [-0.05, 0) is 46.2 Å². The molecule has 5 aromatic carbocycles. The average Bonchev–Trinajstić information content (AvgIpc) is 2.92. The van der Waals surface area contributed by atoms with Gasteiger partial charge in [0.15, 0.2) is 0 Å². The first-order chi connectivity index (χ1) is 18.2. The molecule has 0 radical (unpaired) electrons. The van der Waals surface area contributed by atoms with E-state index in [9.17, 15) is 9.59 Å². The Hall–Kier alpha value is -2.91. The van der Waals surface area contributed by atoms with Gasteiger partial charge in [-0.2, -0.15) is 0 Å². The van der Waals surface area contributed by atoms with Crippen molar-refractivity contribution in [2.24, 2.45) is 0 Å². The number of hydrogen-bond donors (Lipinski definition) is 0. The van der Waals surface area contributed by atoms with Crippen molar-refractivity contribution in [2.45, 2.75) is 0 Å². The Balaban J connectivity index is 1.86. The van der Waals surface area contributed by atoms with Gasteiger partial charge in [-0.25, -0.2) is 0 Å². The van der Waals surface area contributed by atoms with Crippen LogP contribution in [0.25, 0.3) is 21.9 Å². The Morgan fingerprint density at radius 2 is 0.921 bits per heavy atom. The molecule has 0 spiro atoms. The van der Waals surface area contributed by atoms with E-state index in [1.54, 1.807) is 30.3 Å². The van der Waals surface area contributed by atoms with E-state index in [0.29, 0.717) is 11.1 Å². The van der Waals surface area contributed by atoms with Crippen molar-refractivity contribution in [1.82, 2.24) is 0 Å². The minimum atomic E-state index is -4.70. The number of fused-ring (bicyclic) bond motifs is 1. The number of hydrogen-bond acceptors (Lipinski definition) is 3. The zero-order chi connectivity index (χ0) is 27.0. The van der Waals surface area contributed by atoms with E-state index in [0.717, 1.165) is 10.8 Å². The van der Waals surface area contributed by atoms with Gasteiger partial charge in [0.25, 0.3) is 0 Å². The molecule has 0 aliphatic heterocycles. The first-order valence-corrected chi connectivity index (χ1v) is 14.6. The van der Waals surface area contributed by atoms with Crippen LogP contribution in [0.15, 0.2) is 103 Å². The first kappa shape index (κ1) is 26.7. The summed E-state index contributed by atoms with van der Waals surface area (Å²) in [6.07, 6.45) is 0. The van der Waals surface area contributed by atoms with Crippen molar-refractivity contribution in [2.75, 3.05) is 0 Å². The molecule has 0 bridgehead atoms. The Bertz CT molecular complexity index is 1690. The van der Waals surface area contributed by atoms with Crippen molar-refractivity contribution >= 4 is 80.7 Å². The minimum absolute atomic E-state index is 0.0246. The quantitative estimate of drug-likeness (QED) is 0.183. The summed E-state index contributed by atoms with van der Waals surface area (Å²) in [6.45, 7) is 0. The van der Waals surface area contributed by atoms with Gasteiger partial charge < -0.3 is 4.57 Å². The second kappa shape index (κ2) is 10.7. The molecule has 0 aliphatic carbocycles. The SMILES string of the molecule is O=C(c1c(Cl)cccc1Cl)P(=O)(C(=O)c1c(Cl)cccc1Cl)c1ccccc1-c1cccc2ccccc12. The third kappa shape index (κ3) is 4.49. The predicted octanol–water partition coefficient (Wildman–Crippen LogP) is 9.79. The first-order valence-electron chi connectivity index (χ1n) is 11.4. The van der Waals surface area contributed by atoms with E-state index >= 15 is 4.57 Å². The highest BCUT2D eigenvalue weighted by Crippen LogP contribution is 2.56. The van der Waals surface area contributed by atoms with E-state index < -0.39 is 18.2 Å². The van der Waals surface area contributed by atoms with Gasteiger partial charge in [0.1, 0.15) is 0 Å². The summed E-state index contributed by atoms with van der Waals surface area (Å²) in [5, 5.41) is 1.74. The highest BCUT2D eigenvalue weighted by Gasteiger charge is 2.47. The molecular weight excluding hydrogens is 581 g/mol. The fourth-order valence-electron chi connectivity index (χ4n) is 4.47. The highest BCUT2D eigenvalue weighted by molar-refractivity contribution is 8.01. The van der Waals surface area contributed by atoms with Gasteiger partial charge in [0, 0.05) is 5.30 Å². The summed E-state index contributed by atoms with van der Waals surface area (Å²) in [4.78, 5) is 28.5. The third-order valence-electron chi connectivity index (χ3n) is 6.25. The van der Waals surface area contributed by atoms with Crippen molar-refractivity contribution < 1.29 is 14.2 Å². The van der Waals surface area contributed by atoms with Crippen LogP contribution in [0.2, 0.25) is 20.1 Å². The van der Waals surface area contributed by atoms with Crippen molar-refractivity contribution in [3.63, 3.8) is 0 Å². The lowest BCUT2D eigenvalue weighted by atomic mass is 9.98. The molecule has 0 saturated heterocycles. The number of carbonyl (C=O) groups is 2. The maximum absolute atomic E-state index is 15.2. The zero-order valence-corrected chi connectivity index (χ0v) is 23.4. The Morgan fingerprint density at radius 1 is 0.500 bits per heavy atom. The molecule has 3 nitrogen and oxygen atoms in total. The molecule has 0 aliphatic rings. The summed E-state index contributed by atoms with van der Waals surface area (Å²) in [6, 6.07) is 28.9. The van der Waals surface area contributed by atoms with Crippen LogP contribution in [0.5, 0.6) is 0 Å². The van der Waals surface area contributed by atoms with Crippen LogP contribution < -0.4 is 5.30 Å². The fourth-order valence-corrected chi connectivity index (χ4v) is 8.43. The number of rotatable bonds is 6. The van der Waals surface area contributed by atoms with Gasteiger partial charge >= 0.3 is 0 Å². The normalized spacial score (nSPS) is 11.5. The molecule has 38 heavy (non-hydrogen) atoms. The van der Waals surface area contributed by atoms with E-state index in [4.69, 9.17) is 46.4 Å². The van der Waals surface area contributed by atoms with E-state index in [-0.39, 0.29) is 36.5 Å². The Morgan fingerprint density at radius 3 is 1.50 bits per heavy atom. The van der Waals surface area contributed by atoms with Crippen molar-refractivity contribution in [1.29, 1.82) is 0 Å². The van der Waals surface area contributed by atoms with Crippen LogP contribution in [0, 0.1) is 0 Å². The van der Waals surface area contributed by atoms with E-state index in [1.165, 1.54) is 30.3 Å². The number of halogens is 4. The second-order valence-corrected chi connectivity index (χ2v) is 12.6. The summed E-state index contributed by atoms with van der Waals surface area (Å²) in [5.41, 5.74) is -1.24. The molecule has 0 amide bonds. The molecule has 0 heterocycles. The molecule has 0 atom stereocenters. The van der Waals surface area contributed by atoms with E-state index in [1.807, 2.05) is 42.5 Å². The largest absolute Gasteiger partial charge is 0.302 e. The van der Waals surface area contributed by atoms with Crippen LogP contribution in [-0.4, -0.2) is 11.0 Å².